The van der Waals surface area contributed by atoms with Crippen LogP contribution in [0.5, 0.6) is 0 Å². The standard InChI is InChI=1S/C15H30OSi/c1-13(2)17(14(3)4,15(5)6)12-10-8-7-9-11-16/h13-16H,7-9,11H2,1-6H3. The first-order chi connectivity index (χ1) is 7.89. The maximum absolute atomic E-state index is 8.75. The van der Waals surface area contributed by atoms with Crippen molar-refractivity contribution in [2.24, 2.45) is 0 Å². The lowest BCUT2D eigenvalue weighted by Gasteiger charge is -2.38. The first-order valence-electron chi connectivity index (χ1n) is 7.00. The van der Waals surface area contributed by atoms with Crippen molar-refractivity contribution in [2.75, 3.05) is 6.61 Å². The van der Waals surface area contributed by atoms with Gasteiger partial charge in [0, 0.05) is 13.0 Å². The zero-order chi connectivity index (χ0) is 13.5. The van der Waals surface area contributed by atoms with Crippen molar-refractivity contribution < 1.29 is 5.11 Å². The molecule has 0 saturated heterocycles. The van der Waals surface area contributed by atoms with E-state index in [1.807, 2.05) is 0 Å². The van der Waals surface area contributed by atoms with Crippen LogP contribution in [0.2, 0.25) is 16.6 Å². The van der Waals surface area contributed by atoms with E-state index in [0.29, 0.717) is 23.2 Å². The molecular weight excluding hydrogens is 224 g/mol. The first-order valence-corrected chi connectivity index (χ1v) is 9.23. The molecule has 0 aliphatic heterocycles. The minimum atomic E-state index is -1.51. The molecular formula is C15H30OSi. The van der Waals surface area contributed by atoms with Gasteiger partial charge in [-0.25, -0.2) is 0 Å². The lowest BCUT2D eigenvalue weighted by atomic mass is 10.2. The number of rotatable bonds is 6. The van der Waals surface area contributed by atoms with Crippen LogP contribution in [0.15, 0.2) is 0 Å². The van der Waals surface area contributed by atoms with Crippen LogP contribution in [0.4, 0.5) is 0 Å². The second-order valence-electron chi connectivity index (χ2n) is 5.88. The van der Waals surface area contributed by atoms with Crippen molar-refractivity contribution in [3.63, 3.8) is 0 Å². The van der Waals surface area contributed by atoms with Gasteiger partial charge in [-0.2, -0.15) is 0 Å². The average molecular weight is 254 g/mol. The van der Waals surface area contributed by atoms with Crippen LogP contribution in [-0.4, -0.2) is 19.8 Å². The van der Waals surface area contributed by atoms with Crippen molar-refractivity contribution in [3.8, 4) is 11.5 Å². The molecule has 0 amide bonds. The Morgan fingerprint density at radius 2 is 1.35 bits per heavy atom. The monoisotopic (exact) mass is 254 g/mol. The van der Waals surface area contributed by atoms with Crippen molar-refractivity contribution in [1.29, 1.82) is 0 Å². The molecule has 0 bridgehead atoms. The third-order valence-electron chi connectivity index (χ3n) is 3.88. The van der Waals surface area contributed by atoms with Gasteiger partial charge in [0.1, 0.15) is 8.07 Å². The van der Waals surface area contributed by atoms with Gasteiger partial charge < -0.3 is 5.11 Å². The number of hydrogen-bond donors (Lipinski definition) is 1. The van der Waals surface area contributed by atoms with Gasteiger partial charge in [0.25, 0.3) is 0 Å². The molecule has 0 saturated carbocycles. The van der Waals surface area contributed by atoms with E-state index in [-0.39, 0.29) is 0 Å². The summed E-state index contributed by atoms with van der Waals surface area (Å²) in [4.78, 5) is 0. The number of unbranched alkanes of at least 4 members (excludes halogenated alkanes) is 2. The third kappa shape index (κ3) is 4.48. The summed E-state index contributed by atoms with van der Waals surface area (Å²) >= 11 is 0. The van der Waals surface area contributed by atoms with Crippen LogP contribution >= 0.6 is 0 Å². The molecule has 0 aromatic heterocycles. The molecule has 0 atom stereocenters. The van der Waals surface area contributed by atoms with Crippen LogP contribution in [0.3, 0.4) is 0 Å². The van der Waals surface area contributed by atoms with E-state index in [1.54, 1.807) is 0 Å². The number of hydrogen-bond acceptors (Lipinski definition) is 1. The fraction of sp³-hybridized carbons (Fsp3) is 0.867. The SMILES string of the molecule is CC(C)[Si](C#CCCCCO)(C(C)C)C(C)C. The zero-order valence-electron chi connectivity index (χ0n) is 12.5. The molecule has 0 rings (SSSR count). The Hall–Kier alpha value is -0.263. The second-order valence-corrected chi connectivity index (χ2v) is 11.5. The topological polar surface area (TPSA) is 20.2 Å². The van der Waals surface area contributed by atoms with E-state index in [4.69, 9.17) is 5.11 Å². The Labute approximate surface area is 109 Å². The molecule has 1 nitrogen and oxygen atoms in total. The van der Waals surface area contributed by atoms with E-state index < -0.39 is 8.07 Å². The molecule has 100 valence electrons. The summed E-state index contributed by atoms with van der Waals surface area (Å²) in [6, 6.07) is 0. The molecule has 0 aliphatic rings. The zero-order valence-corrected chi connectivity index (χ0v) is 13.5. The van der Waals surface area contributed by atoms with Gasteiger partial charge >= 0.3 is 0 Å². The molecule has 0 unspecified atom stereocenters. The van der Waals surface area contributed by atoms with Gasteiger partial charge in [0.15, 0.2) is 0 Å². The second kappa shape index (κ2) is 7.95. The van der Waals surface area contributed by atoms with Crippen molar-refractivity contribution >= 4 is 8.07 Å². The molecule has 0 aromatic rings. The van der Waals surface area contributed by atoms with Gasteiger partial charge in [0.2, 0.25) is 0 Å². The summed E-state index contributed by atoms with van der Waals surface area (Å²) in [7, 11) is -1.51. The Kier molecular flexibility index (Phi) is 7.82. The lowest BCUT2D eigenvalue weighted by Crippen LogP contribution is -2.43. The van der Waals surface area contributed by atoms with Crippen molar-refractivity contribution in [1.82, 2.24) is 0 Å². The van der Waals surface area contributed by atoms with E-state index >= 15 is 0 Å². The fourth-order valence-electron chi connectivity index (χ4n) is 2.97. The van der Waals surface area contributed by atoms with Gasteiger partial charge in [-0.3, -0.25) is 0 Å². The highest BCUT2D eigenvalue weighted by molar-refractivity contribution is 6.90. The highest BCUT2D eigenvalue weighted by Crippen LogP contribution is 2.40. The molecule has 0 radical (unpaired) electrons. The molecule has 0 aromatic carbocycles. The number of aliphatic hydroxyl groups is 1. The van der Waals surface area contributed by atoms with Gasteiger partial charge in [-0.15, -0.1) is 11.5 Å². The minimum Gasteiger partial charge on any atom is -0.396 e. The summed E-state index contributed by atoms with van der Waals surface area (Å²) in [5.74, 6) is 3.41. The van der Waals surface area contributed by atoms with Gasteiger partial charge in [-0.1, -0.05) is 41.5 Å². The van der Waals surface area contributed by atoms with Gasteiger partial charge in [-0.05, 0) is 29.5 Å². The summed E-state index contributed by atoms with van der Waals surface area (Å²) in [6.45, 7) is 14.3. The van der Waals surface area contributed by atoms with E-state index in [2.05, 4.69) is 53.0 Å². The number of aliphatic hydroxyl groups excluding tert-OH is 1. The van der Waals surface area contributed by atoms with Crippen LogP contribution in [0.25, 0.3) is 0 Å². The molecule has 2 heteroatoms. The third-order valence-corrected chi connectivity index (χ3v) is 10.2. The Bertz CT molecular complexity index is 236. The predicted octanol–water partition coefficient (Wildman–Crippen LogP) is 4.37. The molecule has 1 N–H and O–H groups in total. The normalized spacial score (nSPS) is 12.1. The molecule has 0 heterocycles. The van der Waals surface area contributed by atoms with Crippen LogP contribution in [0, 0.1) is 11.5 Å². The lowest BCUT2D eigenvalue weighted by molar-refractivity contribution is 0.285. The molecule has 17 heavy (non-hydrogen) atoms. The van der Waals surface area contributed by atoms with E-state index in [0.717, 1.165) is 19.3 Å². The van der Waals surface area contributed by atoms with Crippen LogP contribution in [-0.2, 0) is 0 Å². The van der Waals surface area contributed by atoms with Crippen molar-refractivity contribution in [3.05, 3.63) is 0 Å². The maximum Gasteiger partial charge on any atom is 0.145 e. The molecule has 0 aliphatic carbocycles. The highest BCUT2D eigenvalue weighted by Gasteiger charge is 2.41. The summed E-state index contributed by atoms with van der Waals surface area (Å²) in [5.41, 5.74) is 5.84. The summed E-state index contributed by atoms with van der Waals surface area (Å²) in [6.07, 6.45) is 2.86. The quantitative estimate of drug-likeness (QED) is 0.424. The smallest absolute Gasteiger partial charge is 0.145 e. The highest BCUT2D eigenvalue weighted by atomic mass is 28.3. The Balaban J connectivity index is 4.80. The average Bonchev–Trinajstić information content (AvgIpc) is 2.21. The Morgan fingerprint density at radius 1 is 0.882 bits per heavy atom. The van der Waals surface area contributed by atoms with E-state index in [1.165, 1.54) is 0 Å². The first kappa shape index (κ1) is 16.7. The Morgan fingerprint density at radius 3 is 1.71 bits per heavy atom. The minimum absolute atomic E-state index is 0.294. The predicted molar refractivity (Wildman–Crippen MR) is 79.8 cm³/mol. The van der Waals surface area contributed by atoms with Crippen LogP contribution < -0.4 is 0 Å². The van der Waals surface area contributed by atoms with E-state index in [9.17, 15) is 0 Å². The van der Waals surface area contributed by atoms with Crippen molar-refractivity contribution in [2.45, 2.75) is 77.4 Å². The molecule has 0 spiro atoms. The summed E-state index contributed by atoms with van der Waals surface area (Å²) < 4.78 is 0. The maximum atomic E-state index is 8.75. The summed E-state index contributed by atoms with van der Waals surface area (Å²) in [5, 5.41) is 8.75. The van der Waals surface area contributed by atoms with Crippen LogP contribution in [0.1, 0.15) is 60.8 Å². The largest absolute Gasteiger partial charge is 0.396 e. The van der Waals surface area contributed by atoms with Gasteiger partial charge in [0.05, 0.1) is 0 Å². The molecule has 0 fully saturated rings. The fourth-order valence-corrected chi connectivity index (χ4v) is 8.27.